The Kier molecular flexibility index (Phi) is 5.79. The van der Waals surface area contributed by atoms with E-state index in [1.54, 1.807) is 25.1 Å². The molecule has 0 fully saturated rings. The van der Waals surface area contributed by atoms with Crippen molar-refractivity contribution in [3.05, 3.63) is 34.1 Å². The molecular weight excluding hydrogens is 292 g/mol. The van der Waals surface area contributed by atoms with Crippen LogP contribution in [0.2, 0.25) is 0 Å². The first-order valence-electron chi connectivity index (χ1n) is 6.69. The van der Waals surface area contributed by atoms with Crippen LogP contribution in [0, 0.1) is 10.1 Å². The molecule has 2 heterocycles. The van der Waals surface area contributed by atoms with Crippen LogP contribution < -0.4 is 10.1 Å². The highest BCUT2D eigenvalue weighted by atomic mass is 32.2. The number of amidine groups is 1. The molecule has 0 bridgehead atoms. The Bertz CT molecular complexity index is 524. The molecule has 0 saturated heterocycles. The van der Waals surface area contributed by atoms with E-state index in [1.165, 1.54) is 0 Å². The van der Waals surface area contributed by atoms with Crippen molar-refractivity contribution in [1.82, 2.24) is 10.3 Å². The zero-order valence-corrected chi connectivity index (χ0v) is 12.6. The lowest BCUT2D eigenvalue weighted by Crippen LogP contribution is -2.37. The number of aliphatic imine (C=N–C) groups is 1. The summed E-state index contributed by atoms with van der Waals surface area (Å²) >= 11 is 1.70. The molecule has 1 N–H and O–H groups in total. The van der Waals surface area contributed by atoms with Gasteiger partial charge in [0.1, 0.15) is 5.75 Å². The first kappa shape index (κ1) is 15.6. The Labute approximate surface area is 127 Å². The SMILES string of the molecule is COc1cccnc1CSCCNC1=NCCC1[N+](=O)[O-]. The lowest BCUT2D eigenvalue weighted by molar-refractivity contribution is -0.502. The minimum Gasteiger partial charge on any atom is -0.495 e. The minimum atomic E-state index is -0.661. The summed E-state index contributed by atoms with van der Waals surface area (Å²) < 4.78 is 5.24. The van der Waals surface area contributed by atoms with Crippen molar-refractivity contribution in [2.24, 2.45) is 4.99 Å². The molecule has 0 saturated carbocycles. The summed E-state index contributed by atoms with van der Waals surface area (Å²) in [5.74, 6) is 2.86. The van der Waals surface area contributed by atoms with E-state index in [0.29, 0.717) is 25.3 Å². The van der Waals surface area contributed by atoms with Gasteiger partial charge in [-0.3, -0.25) is 20.1 Å². The van der Waals surface area contributed by atoms with E-state index in [0.717, 1.165) is 22.9 Å². The Morgan fingerprint density at radius 2 is 2.48 bits per heavy atom. The van der Waals surface area contributed by atoms with Gasteiger partial charge in [0.2, 0.25) is 0 Å². The fourth-order valence-corrected chi connectivity index (χ4v) is 2.87. The highest BCUT2D eigenvalue weighted by Crippen LogP contribution is 2.20. The van der Waals surface area contributed by atoms with Crippen molar-refractivity contribution in [2.75, 3.05) is 26.0 Å². The summed E-state index contributed by atoms with van der Waals surface area (Å²) in [5.41, 5.74) is 0.909. The van der Waals surface area contributed by atoms with Gasteiger partial charge in [0.05, 0.1) is 12.8 Å². The fraction of sp³-hybridized carbons (Fsp3) is 0.538. The van der Waals surface area contributed by atoms with Crippen LogP contribution in [-0.4, -0.2) is 47.7 Å². The highest BCUT2D eigenvalue weighted by molar-refractivity contribution is 7.98. The second-order valence-corrected chi connectivity index (χ2v) is 5.59. The molecule has 1 aliphatic heterocycles. The van der Waals surface area contributed by atoms with E-state index >= 15 is 0 Å². The summed E-state index contributed by atoms with van der Waals surface area (Å²) in [6.45, 7) is 1.19. The highest BCUT2D eigenvalue weighted by Gasteiger charge is 2.30. The average Bonchev–Trinajstić information content (AvgIpc) is 2.96. The predicted molar refractivity (Wildman–Crippen MR) is 82.7 cm³/mol. The quantitative estimate of drug-likeness (QED) is 0.464. The van der Waals surface area contributed by atoms with Gasteiger partial charge in [-0.25, -0.2) is 0 Å². The second kappa shape index (κ2) is 7.82. The minimum absolute atomic E-state index is 0.273. The zero-order chi connectivity index (χ0) is 15.1. The number of pyridine rings is 1. The van der Waals surface area contributed by atoms with Crippen LogP contribution in [-0.2, 0) is 5.75 Å². The van der Waals surface area contributed by atoms with Crippen molar-refractivity contribution >= 4 is 17.6 Å². The fourth-order valence-electron chi connectivity index (χ4n) is 2.07. The maximum absolute atomic E-state index is 10.8. The molecule has 1 aromatic heterocycles. The molecule has 114 valence electrons. The first-order valence-corrected chi connectivity index (χ1v) is 7.85. The Balaban J connectivity index is 1.70. The zero-order valence-electron chi connectivity index (χ0n) is 11.8. The number of rotatable bonds is 7. The third kappa shape index (κ3) is 4.32. The van der Waals surface area contributed by atoms with Crippen molar-refractivity contribution in [3.8, 4) is 5.75 Å². The molecule has 2 rings (SSSR count). The van der Waals surface area contributed by atoms with Crippen LogP contribution in [0.1, 0.15) is 12.1 Å². The molecule has 0 aliphatic carbocycles. The maximum Gasteiger partial charge on any atom is 0.270 e. The summed E-state index contributed by atoms with van der Waals surface area (Å²) in [6, 6.07) is 3.06. The van der Waals surface area contributed by atoms with Gasteiger partial charge in [0, 0.05) is 42.1 Å². The third-order valence-electron chi connectivity index (χ3n) is 3.11. The topological polar surface area (TPSA) is 89.7 Å². The normalized spacial score (nSPS) is 17.4. The van der Waals surface area contributed by atoms with Crippen LogP contribution in [0.3, 0.4) is 0 Å². The molecular formula is C13H18N4O3S. The molecule has 8 heteroatoms. The summed E-state index contributed by atoms with van der Waals surface area (Å²) in [5, 5.41) is 13.9. The van der Waals surface area contributed by atoms with E-state index in [4.69, 9.17) is 4.74 Å². The molecule has 0 amide bonds. The Morgan fingerprint density at radius 3 is 3.24 bits per heavy atom. The van der Waals surface area contributed by atoms with Crippen LogP contribution in [0.25, 0.3) is 0 Å². The number of thioether (sulfide) groups is 1. The van der Waals surface area contributed by atoms with Gasteiger partial charge >= 0.3 is 0 Å². The van der Waals surface area contributed by atoms with Crippen LogP contribution in [0.15, 0.2) is 23.3 Å². The van der Waals surface area contributed by atoms with Gasteiger partial charge in [-0.2, -0.15) is 11.8 Å². The summed E-state index contributed by atoms with van der Waals surface area (Å²) in [6.07, 6.45) is 2.24. The van der Waals surface area contributed by atoms with Gasteiger partial charge in [-0.05, 0) is 12.1 Å². The first-order chi connectivity index (χ1) is 10.2. The van der Waals surface area contributed by atoms with Gasteiger partial charge in [0.25, 0.3) is 6.04 Å². The number of hydrogen-bond donors (Lipinski definition) is 1. The lowest BCUT2D eigenvalue weighted by atomic mass is 10.2. The van der Waals surface area contributed by atoms with Gasteiger partial charge < -0.3 is 10.1 Å². The smallest absolute Gasteiger partial charge is 0.270 e. The molecule has 7 nitrogen and oxygen atoms in total. The molecule has 0 spiro atoms. The van der Waals surface area contributed by atoms with E-state index in [2.05, 4.69) is 15.3 Å². The molecule has 0 aromatic carbocycles. The van der Waals surface area contributed by atoms with E-state index in [-0.39, 0.29) is 4.92 Å². The van der Waals surface area contributed by atoms with Gasteiger partial charge in [0.15, 0.2) is 5.84 Å². The molecule has 1 aliphatic rings. The van der Waals surface area contributed by atoms with E-state index in [1.807, 2.05) is 12.1 Å². The molecule has 1 aromatic rings. The number of nitrogens with one attached hydrogen (secondary N) is 1. The van der Waals surface area contributed by atoms with Crippen molar-refractivity contribution in [3.63, 3.8) is 0 Å². The average molecular weight is 310 g/mol. The van der Waals surface area contributed by atoms with Gasteiger partial charge in [-0.1, -0.05) is 0 Å². The number of nitro groups is 1. The van der Waals surface area contributed by atoms with Crippen LogP contribution in [0.4, 0.5) is 0 Å². The Hall–Kier alpha value is -1.83. The van der Waals surface area contributed by atoms with Gasteiger partial charge in [-0.15, -0.1) is 0 Å². The Morgan fingerprint density at radius 1 is 1.62 bits per heavy atom. The number of nitrogens with zero attached hydrogens (tertiary/aromatic N) is 3. The number of ether oxygens (including phenoxy) is 1. The lowest BCUT2D eigenvalue weighted by Gasteiger charge is -2.09. The van der Waals surface area contributed by atoms with Crippen molar-refractivity contribution in [1.29, 1.82) is 0 Å². The molecule has 0 radical (unpaired) electrons. The van der Waals surface area contributed by atoms with Crippen LogP contribution in [0.5, 0.6) is 5.75 Å². The predicted octanol–water partition coefficient (Wildman–Crippen LogP) is 1.36. The van der Waals surface area contributed by atoms with E-state index < -0.39 is 6.04 Å². The second-order valence-electron chi connectivity index (χ2n) is 4.49. The van der Waals surface area contributed by atoms with E-state index in [9.17, 15) is 10.1 Å². The standard InChI is InChI=1S/C13H18N4O3S/c1-20-12-3-2-5-14-10(12)9-21-8-7-16-13-11(17(18)19)4-6-15-13/h2-3,5,11H,4,6-9H2,1H3,(H,15,16). The van der Waals surface area contributed by atoms with Crippen molar-refractivity contribution < 1.29 is 9.66 Å². The third-order valence-corrected chi connectivity index (χ3v) is 4.08. The number of hydrogen-bond acceptors (Lipinski definition) is 7. The number of methoxy groups -OCH3 is 1. The van der Waals surface area contributed by atoms with Crippen molar-refractivity contribution in [2.45, 2.75) is 18.2 Å². The monoisotopic (exact) mass is 310 g/mol. The number of aromatic nitrogens is 1. The summed E-state index contributed by atoms with van der Waals surface area (Å²) in [4.78, 5) is 19.0. The van der Waals surface area contributed by atoms with Crippen LogP contribution >= 0.6 is 11.8 Å². The maximum atomic E-state index is 10.8. The molecule has 21 heavy (non-hydrogen) atoms. The summed E-state index contributed by atoms with van der Waals surface area (Å²) in [7, 11) is 1.63. The molecule has 1 unspecified atom stereocenters. The molecule has 1 atom stereocenters. The largest absolute Gasteiger partial charge is 0.495 e.